The van der Waals surface area contributed by atoms with Crippen LogP contribution in [0.4, 0.5) is 0 Å². The lowest BCUT2D eigenvalue weighted by molar-refractivity contribution is -0.164. The molecule has 1 rings (SSSR count). The minimum absolute atomic E-state index is 0.0556. The maximum atomic E-state index is 11.0. The highest BCUT2D eigenvalue weighted by Crippen LogP contribution is 2.30. The van der Waals surface area contributed by atoms with E-state index in [0.717, 1.165) is 0 Å². The average molecular weight is 201 g/mol. The monoisotopic (exact) mass is 201 g/mol. The van der Waals surface area contributed by atoms with Crippen molar-refractivity contribution in [2.24, 2.45) is 5.41 Å². The second kappa shape index (κ2) is 6.57. The van der Waals surface area contributed by atoms with E-state index >= 15 is 0 Å². The normalized spacial score (nSPS) is 16.8. The van der Waals surface area contributed by atoms with Gasteiger partial charge in [0.15, 0.2) is 0 Å². The Balaban J connectivity index is 0. The van der Waals surface area contributed by atoms with Gasteiger partial charge in [-0.3, -0.25) is 14.5 Å². The van der Waals surface area contributed by atoms with E-state index in [1.807, 2.05) is 41.5 Å². The number of hydrogen-bond donors (Lipinski definition) is 0. The van der Waals surface area contributed by atoms with Crippen LogP contribution in [0.5, 0.6) is 0 Å². The van der Waals surface area contributed by atoms with Gasteiger partial charge in [0.05, 0.1) is 5.41 Å². The molecule has 1 heterocycles. The van der Waals surface area contributed by atoms with Gasteiger partial charge in [0.2, 0.25) is 11.8 Å². The van der Waals surface area contributed by atoms with Crippen LogP contribution < -0.4 is 0 Å². The van der Waals surface area contributed by atoms with Gasteiger partial charge in [0.1, 0.15) is 0 Å². The van der Waals surface area contributed by atoms with Crippen LogP contribution in [0.25, 0.3) is 0 Å². The smallest absolute Gasteiger partial charge is 0.236 e. The number of β-lactam (4-membered cyclic amide) rings is 1. The SMILES string of the molecule is CC.CC.CC(=O)N1CC(C)(C)C1=O. The number of nitrogens with zero attached hydrogens (tertiary/aromatic N) is 1. The number of carbonyl (C=O) groups excluding carboxylic acids is 2. The Kier molecular flexibility index (Phi) is 7.33. The quantitative estimate of drug-likeness (QED) is 0.564. The van der Waals surface area contributed by atoms with Gasteiger partial charge in [-0.2, -0.15) is 0 Å². The summed E-state index contributed by atoms with van der Waals surface area (Å²) in [4.78, 5) is 22.9. The molecule has 1 aliphatic rings. The van der Waals surface area contributed by atoms with Crippen LogP contribution in [0.15, 0.2) is 0 Å². The molecule has 0 aromatic rings. The van der Waals surface area contributed by atoms with Crippen LogP contribution in [-0.4, -0.2) is 23.3 Å². The van der Waals surface area contributed by atoms with Crippen molar-refractivity contribution in [2.45, 2.75) is 48.5 Å². The van der Waals surface area contributed by atoms with Gasteiger partial charge in [0.25, 0.3) is 0 Å². The Morgan fingerprint density at radius 2 is 1.57 bits per heavy atom. The second-order valence-electron chi connectivity index (χ2n) is 3.29. The zero-order chi connectivity index (χ0) is 11.9. The summed E-state index contributed by atoms with van der Waals surface area (Å²) in [7, 11) is 0. The third-order valence-corrected chi connectivity index (χ3v) is 1.76. The van der Waals surface area contributed by atoms with Gasteiger partial charge in [-0.25, -0.2) is 0 Å². The topological polar surface area (TPSA) is 37.4 Å². The molecule has 3 nitrogen and oxygen atoms in total. The highest BCUT2D eigenvalue weighted by molar-refractivity contribution is 6.01. The lowest BCUT2D eigenvalue weighted by Gasteiger charge is -2.42. The summed E-state index contributed by atoms with van der Waals surface area (Å²) < 4.78 is 0. The maximum Gasteiger partial charge on any atom is 0.236 e. The third kappa shape index (κ3) is 3.48. The summed E-state index contributed by atoms with van der Waals surface area (Å²) in [6.45, 7) is 13.7. The maximum absolute atomic E-state index is 11.0. The molecule has 0 aromatic carbocycles. The predicted molar refractivity (Wildman–Crippen MR) is 58.9 cm³/mol. The Labute approximate surface area is 87.5 Å². The first-order valence-corrected chi connectivity index (χ1v) is 5.28. The molecule has 2 amide bonds. The number of carbonyl (C=O) groups is 2. The van der Waals surface area contributed by atoms with E-state index in [-0.39, 0.29) is 17.2 Å². The summed E-state index contributed by atoms with van der Waals surface area (Å²) >= 11 is 0. The summed E-state index contributed by atoms with van der Waals surface area (Å²) in [5, 5.41) is 0. The van der Waals surface area contributed by atoms with Gasteiger partial charge in [-0.15, -0.1) is 0 Å². The standard InChI is InChI=1S/C7H11NO2.2C2H6/c1-5(9)8-4-7(2,3)6(8)10;2*1-2/h4H2,1-3H3;2*1-2H3. The highest BCUT2D eigenvalue weighted by atomic mass is 16.2. The van der Waals surface area contributed by atoms with Crippen LogP contribution in [0.2, 0.25) is 0 Å². The lowest BCUT2D eigenvalue weighted by Crippen LogP contribution is -2.59. The van der Waals surface area contributed by atoms with E-state index in [1.54, 1.807) is 0 Å². The molecular weight excluding hydrogens is 178 g/mol. The van der Waals surface area contributed by atoms with Gasteiger partial charge in [0, 0.05) is 13.5 Å². The molecule has 1 aliphatic heterocycles. The fourth-order valence-corrected chi connectivity index (χ4v) is 1.06. The molecule has 0 spiro atoms. The van der Waals surface area contributed by atoms with Crippen molar-refractivity contribution in [3.63, 3.8) is 0 Å². The Morgan fingerprint density at radius 3 is 1.64 bits per heavy atom. The molecule has 14 heavy (non-hydrogen) atoms. The van der Waals surface area contributed by atoms with Gasteiger partial charge >= 0.3 is 0 Å². The van der Waals surface area contributed by atoms with Crippen molar-refractivity contribution in [3.05, 3.63) is 0 Å². The van der Waals surface area contributed by atoms with E-state index in [0.29, 0.717) is 6.54 Å². The molecule has 0 radical (unpaired) electrons. The van der Waals surface area contributed by atoms with Crippen LogP contribution in [-0.2, 0) is 9.59 Å². The van der Waals surface area contributed by atoms with Gasteiger partial charge < -0.3 is 0 Å². The Hall–Kier alpha value is -0.860. The Bertz CT molecular complexity index is 197. The molecule has 0 atom stereocenters. The molecule has 0 N–H and O–H groups in total. The van der Waals surface area contributed by atoms with Crippen molar-refractivity contribution in [1.82, 2.24) is 4.90 Å². The lowest BCUT2D eigenvalue weighted by atomic mass is 9.83. The second-order valence-corrected chi connectivity index (χ2v) is 3.29. The minimum Gasteiger partial charge on any atom is -0.281 e. The Morgan fingerprint density at radius 1 is 1.21 bits per heavy atom. The third-order valence-electron chi connectivity index (χ3n) is 1.76. The molecule has 3 heteroatoms. The van der Waals surface area contributed by atoms with Crippen LogP contribution >= 0.6 is 0 Å². The molecule has 0 aromatic heterocycles. The van der Waals surface area contributed by atoms with E-state index in [1.165, 1.54) is 11.8 Å². The first-order chi connectivity index (χ1) is 6.45. The molecule has 0 aliphatic carbocycles. The summed E-state index contributed by atoms with van der Waals surface area (Å²) in [5.74, 6) is -0.204. The predicted octanol–water partition coefficient (Wildman–Crippen LogP) is 2.45. The van der Waals surface area contributed by atoms with E-state index < -0.39 is 0 Å². The van der Waals surface area contributed by atoms with E-state index in [2.05, 4.69) is 0 Å². The number of likely N-dealkylation sites (tertiary alicyclic amines) is 1. The van der Waals surface area contributed by atoms with Gasteiger partial charge in [-0.05, 0) is 13.8 Å². The van der Waals surface area contributed by atoms with Crippen molar-refractivity contribution in [1.29, 1.82) is 0 Å². The molecule has 0 bridgehead atoms. The van der Waals surface area contributed by atoms with E-state index in [9.17, 15) is 9.59 Å². The molecular formula is C11H23NO2. The molecule has 0 unspecified atom stereocenters. The van der Waals surface area contributed by atoms with Crippen molar-refractivity contribution in [3.8, 4) is 0 Å². The number of hydrogen-bond acceptors (Lipinski definition) is 2. The largest absolute Gasteiger partial charge is 0.281 e. The van der Waals surface area contributed by atoms with Crippen molar-refractivity contribution in [2.75, 3.05) is 6.54 Å². The number of imide groups is 1. The fraction of sp³-hybridized carbons (Fsp3) is 0.818. The van der Waals surface area contributed by atoms with Crippen LogP contribution in [0.1, 0.15) is 48.5 Å². The zero-order valence-electron chi connectivity index (χ0n) is 10.5. The first kappa shape index (κ1) is 15.6. The van der Waals surface area contributed by atoms with Gasteiger partial charge in [-0.1, -0.05) is 27.7 Å². The van der Waals surface area contributed by atoms with Crippen LogP contribution in [0.3, 0.4) is 0 Å². The number of amides is 2. The molecule has 1 fully saturated rings. The highest BCUT2D eigenvalue weighted by Gasteiger charge is 2.45. The van der Waals surface area contributed by atoms with Crippen molar-refractivity contribution >= 4 is 11.8 Å². The zero-order valence-corrected chi connectivity index (χ0v) is 10.5. The molecule has 84 valence electrons. The number of rotatable bonds is 0. The first-order valence-electron chi connectivity index (χ1n) is 5.28. The minimum atomic E-state index is -0.300. The average Bonchev–Trinajstić information content (AvgIpc) is 2.20. The van der Waals surface area contributed by atoms with Crippen molar-refractivity contribution < 1.29 is 9.59 Å². The fourth-order valence-electron chi connectivity index (χ4n) is 1.06. The van der Waals surface area contributed by atoms with E-state index in [4.69, 9.17) is 0 Å². The molecule has 0 saturated carbocycles. The summed E-state index contributed by atoms with van der Waals surface area (Å²) in [6.07, 6.45) is 0. The summed E-state index contributed by atoms with van der Waals surface area (Å²) in [6, 6.07) is 0. The summed E-state index contributed by atoms with van der Waals surface area (Å²) in [5.41, 5.74) is -0.300. The van der Waals surface area contributed by atoms with Crippen LogP contribution in [0, 0.1) is 5.41 Å². The molecule has 1 saturated heterocycles.